The van der Waals surface area contributed by atoms with Gasteiger partial charge in [-0.25, -0.2) is 0 Å². The number of hydrogen-bond acceptors (Lipinski definition) is 3. The summed E-state index contributed by atoms with van der Waals surface area (Å²) in [5.74, 6) is 3.42. The molecule has 0 aromatic heterocycles. The monoisotopic (exact) mass is 485 g/mol. The van der Waals surface area contributed by atoms with E-state index in [2.05, 4.69) is 101 Å². The molecule has 3 nitrogen and oxygen atoms in total. The van der Waals surface area contributed by atoms with Crippen LogP contribution >= 0.6 is 0 Å². The van der Waals surface area contributed by atoms with E-state index in [-0.39, 0.29) is 0 Å². The van der Waals surface area contributed by atoms with Crippen molar-refractivity contribution in [1.29, 1.82) is 0 Å². The third-order valence-electron chi connectivity index (χ3n) is 8.25. The minimum absolute atomic E-state index is 0.315. The molecule has 3 heteroatoms. The molecule has 36 heavy (non-hydrogen) atoms. The Balaban J connectivity index is 1.88. The maximum absolute atomic E-state index is 5.74. The molecule has 3 atom stereocenters. The highest BCUT2D eigenvalue weighted by atomic mass is 16.5. The zero-order valence-corrected chi connectivity index (χ0v) is 23.4. The first-order chi connectivity index (χ1) is 17.3. The molecule has 0 aliphatic heterocycles. The third kappa shape index (κ3) is 5.04. The summed E-state index contributed by atoms with van der Waals surface area (Å²) in [4.78, 5) is 2.43. The number of rotatable bonds is 8. The number of benzene rings is 3. The molecular formula is C33H43NO2. The van der Waals surface area contributed by atoms with E-state index in [1.54, 1.807) is 14.2 Å². The summed E-state index contributed by atoms with van der Waals surface area (Å²) in [6.45, 7) is 8.70. The average molecular weight is 486 g/mol. The van der Waals surface area contributed by atoms with Gasteiger partial charge in [0.2, 0.25) is 0 Å². The van der Waals surface area contributed by atoms with Crippen molar-refractivity contribution in [3.05, 3.63) is 93.5 Å². The standard InChI is InChI=1S/C33H43NO2/c1-21-17-26(18-22(2)32(21)35-7)30(27-19-23(3)33(36-8)24(4)20-27)28-15-12-16-29(28)31(34(5)6)25-13-10-9-11-14-25/h9-11,13-14,17-20,28-31H,12,15-16H2,1-8H3/t28?,29?,31-/m1/s1. The predicted molar refractivity (Wildman–Crippen MR) is 150 cm³/mol. The van der Waals surface area contributed by atoms with Gasteiger partial charge in [-0.15, -0.1) is 0 Å². The second kappa shape index (κ2) is 11.1. The summed E-state index contributed by atoms with van der Waals surface area (Å²) in [5, 5.41) is 0. The van der Waals surface area contributed by atoms with Gasteiger partial charge in [0.15, 0.2) is 0 Å². The van der Waals surface area contributed by atoms with Crippen LogP contribution in [0, 0.1) is 39.5 Å². The van der Waals surface area contributed by atoms with Gasteiger partial charge in [0.1, 0.15) is 11.5 Å². The highest BCUT2D eigenvalue weighted by Crippen LogP contribution is 2.51. The largest absolute Gasteiger partial charge is 0.496 e. The summed E-state index contributed by atoms with van der Waals surface area (Å²) in [5.41, 5.74) is 9.06. The van der Waals surface area contributed by atoms with Crippen LogP contribution in [0.15, 0.2) is 54.6 Å². The lowest BCUT2D eigenvalue weighted by Crippen LogP contribution is -2.32. The zero-order chi connectivity index (χ0) is 26.0. The quantitative estimate of drug-likeness (QED) is 0.325. The summed E-state index contributed by atoms with van der Waals surface area (Å²) in [6.07, 6.45) is 3.76. The van der Waals surface area contributed by atoms with Gasteiger partial charge in [0, 0.05) is 12.0 Å². The second-order valence-electron chi connectivity index (χ2n) is 10.9. The van der Waals surface area contributed by atoms with Crippen LogP contribution in [0.4, 0.5) is 0 Å². The fourth-order valence-electron chi connectivity index (χ4n) is 7.06. The van der Waals surface area contributed by atoms with Gasteiger partial charge in [-0.2, -0.15) is 0 Å². The van der Waals surface area contributed by atoms with Crippen LogP contribution in [0.3, 0.4) is 0 Å². The minimum atomic E-state index is 0.315. The van der Waals surface area contributed by atoms with E-state index < -0.39 is 0 Å². The van der Waals surface area contributed by atoms with Crippen molar-refractivity contribution in [2.75, 3.05) is 28.3 Å². The van der Waals surface area contributed by atoms with E-state index in [4.69, 9.17) is 9.47 Å². The molecule has 3 aromatic rings. The number of hydrogen-bond donors (Lipinski definition) is 0. The first-order valence-electron chi connectivity index (χ1n) is 13.3. The van der Waals surface area contributed by atoms with Crippen LogP contribution in [0.25, 0.3) is 0 Å². The van der Waals surface area contributed by atoms with Gasteiger partial charge >= 0.3 is 0 Å². The second-order valence-corrected chi connectivity index (χ2v) is 10.9. The Morgan fingerprint density at radius 2 is 1.11 bits per heavy atom. The summed E-state index contributed by atoms with van der Waals surface area (Å²) in [6, 6.07) is 21.0. The first kappa shape index (κ1) is 26.3. The van der Waals surface area contributed by atoms with E-state index in [0.29, 0.717) is 23.8 Å². The summed E-state index contributed by atoms with van der Waals surface area (Å²) < 4.78 is 11.5. The maximum atomic E-state index is 5.74. The molecule has 3 aromatic carbocycles. The third-order valence-corrected chi connectivity index (χ3v) is 8.25. The molecule has 0 N–H and O–H groups in total. The van der Waals surface area contributed by atoms with E-state index in [9.17, 15) is 0 Å². The van der Waals surface area contributed by atoms with Crippen LogP contribution in [0.1, 0.15) is 70.2 Å². The summed E-state index contributed by atoms with van der Waals surface area (Å²) in [7, 11) is 8.03. The smallest absolute Gasteiger partial charge is 0.124 e. The maximum Gasteiger partial charge on any atom is 0.124 e. The number of methoxy groups -OCH3 is 2. The van der Waals surface area contributed by atoms with Gasteiger partial charge < -0.3 is 14.4 Å². The Hall–Kier alpha value is -2.78. The Kier molecular flexibility index (Phi) is 8.10. The molecule has 0 amide bonds. The van der Waals surface area contributed by atoms with Crippen molar-refractivity contribution in [1.82, 2.24) is 4.90 Å². The lowest BCUT2D eigenvalue weighted by atomic mass is 9.71. The molecular weight excluding hydrogens is 442 g/mol. The van der Waals surface area contributed by atoms with E-state index >= 15 is 0 Å². The fraction of sp³-hybridized carbons (Fsp3) is 0.455. The average Bonchev–Trinajstić information content (AvgIpc) is 3.28. The van der Waals surface area contributed by atoms with Gasteiger partial charge in [0.25, 0.3) is 0 Å². The molecule has 2 unspecified atom stereocenters. The summed E-state index contributed by atoms with van der Waals surface area (Å²) >= 11 is 0. The van der Waals surface area contributed by atoms with E-state index in [1.807, 2.05) is 0 Å². The molecule has 0 spiro atoms. The molecule has 4 rings (SSSR count). The van der Waals surface area contributed by atoms with Crippen molar-refractivity contribution >= 4 is 0 Å². The highest BCUT2D eigenvalue weighted by molar-refractivity contribution is 5.50. The van der Waals surface area contributed by atoms with Gasteiger partial charge in [-0.3, -0.25) is 0 Å². The van der Waals surface area contributed by atoms with Crippen molar-refractivity contribution in [2.45, 2.75) is 58.9 Å². The molecule has 0 radical (unpaired) electrons. The van der Waals surface area contributed by atoms with Gasteiger partial charge in [0.05, 0.1) is 14.2 Å². The minimum Gasteiger partial charge on any atom is -0.496 e. The molecule has 0 saturated heterocycles. The zero-order valence-electron chi connectivity index (χ0n) is 23.4. The van der Waals surface area contributed by atoms with E-state index in [1.165, 1.54) is 58.2 Å². The van der Waals surface area contributed by atoms with Gasteiger partial charge in [-0.05, 0) is 105 Å². The lowest BCUT2D eigenvalue weighted by molar-refractivity contribution is 0.166. The van der Waals surface area contributed by atoms with Crippen LogP contribution in [-0.4, -0.2) is 33.2 Å². The molecule has 1 fully saturated rings. The molecule has 1 aliphatic rings. The number of ether oxygens (including phenoxy) is 2. The SMILES string of the molecule is COc1c(C)cc(C(c2cc(C)c(OC)c(C)c2)C2CCCC2[C@@H](c2ccccc2)N(C)C)cc1C. The molecule has 192 valence electrons. The first-order valence-corrected chi connectivity index (χ1v) is 13.3. The molecule has 0 heterocycles. The molecule has 1 saturated carbocycles. The Morgan fingerprint density at radius 3 is 1.53 bits per heavy atom. The lowest BCUT2D eigenvalue weighted by Gasteiger charge is -2.38. The topological polar surface area (TPSA) is 21.7 Å². The van der Waals surface area contributed by atoms with Crippen molar-refractivity contribution < 1.29 is 9.47 Å². The Bertz CT molecular complexity index is 1080. The Morgan fingerprint density at radius 1 is 0.667 bits per heavy atom. The number of aryl methyl sites for hydroxylation is 4. The van der Waals surface area contributed by atoms with Crippen molar-refractivity contribution in [3.63, 3.8) is 0 Å². The predicted octanol–water partition coefficient (Wildman–Crippen LogP) is 7.79. The van der Waals surface area contributed by atoms with Crippen molar-refractivity contribution in [2.24, 2.45) is 11.8 Å². The highest BCUT2D eigenvalue weighted by Gasteiger charge is 2.41. The van der Waals surface area contributed by atoms with Gasteiger partial charge in [-0.1, -0.05) is 61.0 Å². The number of nitrogens with zero attached hydrogens (tertiary/aromatic N) is 1. The molecule has 1 aliphatic carbocycles. The Labute approximate surface area is 218 Å². The molecule has 0 bridgehead atoms. The fourth-order valence-corrected chi connectivity index (χ4v) is 7.06. The van der Waals surface area contributed by atoms with Crippen molar-refractivity contribution in [3.8, 4) is 11.5 Å². The van der Waals surface area contributed by atoms with E-state index in [0.717, 1.165) is 11.5 Å². The van der Waals surface area contributed by atoms with Crippen LogP contribution in [0.2, 0.25) is 0 Å². The normalized spacial score (nSPS) is 18.6. The van der Waals surface area contributed by atoms with Crippen LogP contribution in [0.5, 0.6) is 11.5 Å². The van der Waals surface area contributed by atoms with Crippen LogP contribution < -0.4 is 9.47 Å². The van der Waals surface area contributed by atoms with Crippen LogP contribution in [-0.2, 0) is 0 Å².